The van der Waals surface area contributed by atoms with E-state index >= 15 is 0 Å². The molecule has 0 aliphatic carbocycles. The molecule has 0 bridgehead atoms. The van der Waals surface area contributed by atoms with Gasteiger partial charge in [0.25, 0.3) is 0 Å². The minimum atomic E-state index is 0.207. The Bertz CT molecular complexity index is 485. The Hall–Kier alpha value is -1.61. The van der Waals surface area contributed by atoms with Crippen LogP contribution in [0.1, 0.15) is 37.6 Å². The molecule has 18 heavy (non-hydrogen) atoms. The zero-order chi connectivity index (χ0) is 13.0. The van der Waals surface area contributed by atoms with Crippen molar-refractivity contribution in [2.75, 3.05) is 6.61 Å². The van der Waals surface area contributed by atoms with Gasteiger partial charge in [0.2, 0.25) is 0 Å². The fraction of sp³-hybridized carbons (Fsp3) is 0.400. The third-order valence-corrected chi connectivity index (χ3v) is 3.09. The highest BCUT2D eigenvalue weighted by Crippen LogP contribution is 2.21. The lowest BCUT2D eigenvalue weighted by Crippen LogP contribution is -1.91. The minimum absolute atomic E-state index is 0.207. The molecule has 1 heterocycles. The number of benzene rings is 1. The van der Waals surface area contributed by atoms with Crippen molar-refractivity contribution in [2.45, 2.75) is 32.6 Å². The summed E-state index contributed by atoms with van der Waals surface area (Å²) in [5.41, 5.74) is 3.54. The van der Waals surface area contributed by atoms with Crippen molar-refractivity contribution in [3.8, 4) is 11.3 Å². The number of aryl methyl sites for hydroxylation is 1. The summed E-state index contributed by atoms with van der Waals surface area (Å²) in [6.45, 7) is 4.59. The molecule has 2 rings (SSSR count). The van der Waals surface area contributed by atoms with Gasteiger partial charge in [-0.3, -0.25) is 0 Å². The van der Waals surface area contributed by atoms with E-state index < -0.39 is 0 Å². The topological polar surface area (TPSA) is 48.9 Å². The summed E-state index contributed by atoms with van der Waals surface area (Å²) in [7, 11) is 0. The highest BCUT2D eigenvalue weighted by Gasteiger charge is 2.04. The van der Waals surface area contributed by atoms with Gasteiger partial charge in [0.1, 0.15) is 5.82 Å². The molecule has 1 aromatic heterocycles. The van der Waals surface area contributed by atoms with Gasteiger partial charge in [-0.2, -0.15) is 0 Å². The normalized spacial score (nSPS) is 11.1. The van der Waals surface area contributed by atoms with Crippen molar-refractivity contribution in [3.63, 3.8) is 0 Å². The number of hydrogen-bond acceptors (Lipinski definition) is 2. The standard InChI is InChI=1S/C15H20N2O/c1-11(2)12-5-7-13(8-6-12)14-10-16-15(17-14)4-3-9-18/h5-8,10-11,18H,3-4,9H2,1-2H3,(H,16,17). The zero-order valence-corrected chi connectivity index (χ0v) is 11.0. The molecule has 0 unspecified atom stereocenters. The van der Waals surface area contributed by atoms with Gasteiger partial charge in [-0.05, 0) is 23.5 Å². The molecule has 0 amide bonds. The molecule has 0 saturated carbocycles. The number of nitrogens with zero attached hydrogens (tertiary/aromatic N) is 1. The lowest BCUT2D eigenvalue weighted by atomic mass is 10.0. The Morgan fingerprint density at radius 2 is 1.94 bits per heavy atom. The van der Waals surface area contributed by atoms with Crippen LogP contribution in [0.2, 0.25) is 0 Å². The number of imidazole rings is 1. The monoisotopic (exact) mass is 244 g/mol. The minimum Gasteiger partial charge on any atom is -0.396 e. The fourth-order valence-corrected chi connectivity index (χ4v) is 1.93. The molecule has 0 fully saturated rings. The number of rotatable bonds is 5. The second-order valence-electron chi connectivity index (χ2n) is 4.85. The second-order valence-corrected chi connectivity index (χ2v) is 4.85. The van der Waals surface area contributed by atoms with E-state index in [1.807, 2.05) is 6.20 Å². The van der Waals surface area contributed by atoms with Gasteiger partial charge < -0.3 is 10.1 Å². The first kappa shape index (κ1) is 12.8. The van der Waals surface area contributed by atoms with Crippen molar-refractivity contribution >= 4 is 0 Å². The van der Waals surface area contributed by atoms with Crippen LogP contribution >= 0.6 is 0 Å². The van der Waals surface area contributed by atoms with Crippen molar-refractivity contribution in [2.24, 2.45) is 0 Å². The average molecular weight is 244 g/mol. The van der Waals surface area contributed by atoms with Gasteiger partial charge in [-0.25, -0.2) is 4.98 Å². The smallest absolute Gasteiger partial charge is 0.106 e. The summed E-state index contributed by atoms with van der Waals surface area (Å²) < 4.78 is 0. The zero-order valence-electron chi connectivity index (χ0n) is 11.0. The highest BCUT2D eigenvalue weighted by molar-refractivity contribution is 5.58. The lowest BCUT2D eigenvalue weighted by molar-refractivity contribution is 0.287. The maximum absolute atomic E-state index is 8.79. The van der Waals surface area contributed by atoms with Crippen LogP contribution < -0.4 is 0 Å². The number of aromatic amines is 1. The fourth-order valence-electron chi connectivity index (χ4n) is 1.93. The molecule has 0 saturated heterocycles. The molecule has 3 heteroatoms. The summed E-state index contributed by atoms with van der Waals surface area (Å²) in [5.74, 6) is 1.49. The molecule has 0 spiro atoms. The first-order chi connectivity index (χ1) is 8.70. The maximum Gasteiger partial charge on any atom is 0.106 e. The van der Waals surface area contributed by atoms with Crippen LogP contribution in [0.25, 0.3) is 11.3 Å². The van der Waals surface area contributed by atoms with Crippen LogP contribution in [0.15, 0.2) is 30.5 Å². The molecule has 3 nitrogen and oxygen atoms in total. The Morgan fingerprint density at radius 3 is 2.56 bits per heavy atom. The van der Waals surface area contributed by atoms with Crippen molar-refractivity contribution < 1.29 is 5.11 Å². The van der Waals surface area contributed by atoms with Crippen molar-refractivity contribution in [1.82, 2.24) is 9.97 Å². The number of aromatic nitrogens is 2. The van der Waals surface area contributed by atoms with Crippen LogP contribution in [0, 0.1) is 0 Å². The third-order valence-electron chi connectivity index (χ3n) is 3.09. The maximum atomic E-state index is 8.79. The predicted octanol–water partition coefficient (Wildman–Crippen LogP) is 3.13. The van der Waals surface area contributed by atoms with Gasteiger partial charge in [0.05, 0.1) is 11.9 Å². The number of aliphatic hydroxyl groups is 1. The Labute approximate surface area is 108 Å². The SMILES string of the molecule is CC(C)c1ccc(-c2cnc(CCCO)[nH]2)cc1. The molecule has 1 aromatic carbocycles. The molecule has 2 N–H and O–H groups in total. The number of hydrogen-bond donors (Lipinski definition) is 2. The average Bonchev–Trinajstić information content (AvgIpc) is 2.85. The molecule has 0 atom stereocenters. The molecule has 96 valence electrons. The van der Waals surface area contributed by atoms with Gasteiger partial charge in [-0.1, -0.05) is 38.1 Å². The van der Waals surface area contributed by atoms with E-state index in [0.29, 0.717) is 5.92 Å². The van der Waals surface area contributed by atoms with Crippen LogP contribution in [0.5, 0.6) is 0 Å². The Balaban J connectivity index is 2.13. The van der Waals surface area contributed by atoms with E-state index in [0.717, 1.165) is 29.9 Å². The van der Waals surface area contributed by atoms with E-state index in [2.05, 4.69) is 48.1 Å². The van der Waals surface area contributed by atoms with Crippen molar-refractivity contribution in [1.29, 1.82) is 0 Å². The van der Waals surface area contributed by atoms with Gasteiger partial charge >= 0.3 is 0 Å². The van der Waals surface area contributed by atoms with Crippen LogP contribution in [-0.4, -0.2) is 21.7 Å². The second kappa shape index (κ2) is 5.83. The lowest BCUT2D eigenvalue weighted by Gasteiger charge is -2.05. The first-order valence-corrected chi connectivity index (χ1v) is 6.46. The molecule has 2 aromatic rings. The summed E-state index contributed by atoms with van der Waals surface area (Å²) in [4.78, 5) is 7.61. The predicted molar refractivity (Wildman–Crippen MR) is 73.5 cm³/mol. The largest absolute Gasteiger partial charge is 0.396 e. The van der Waals surface area contributed by atoms with Crippen LogP contribution in [-0.2, 0) is 6.42 Å². The van der Waals surface area contributed by atoms with Crippen molar-refractivity contribution in [3.05, 3.63) is 41.9 Å². The first-order valence-electron chi connectivity index (χ1n) is 6.46. The summed E-state index contributed by atoms with van der Waals surface area (Å²) >= 11 is 0. The molecular formula is C15H20N2O. The molecule has 0 aliphatic rings. The molecule has 0 aliphatic heterocycles. The summed E-state index contributed by atoms with van der Waals surface area (Å²) in [6.07, 6.45) is 3.40. The Morgan fingerprint density at radius 1 is 1.22 bits per heavy atom. The number of aliphatic hydroxyl groups excluding tert-OH is 1. The van der Waals surface area contributed by atoms with E-state index in [1.54, 1.807) is 0 Å². The van der Waals surface area contributed by atoms with Gasteiger partial charge in [-0.15, -0.1) is 0 Å². The quantitative estimate of drug-likeness (QED) is 0.849. The van der Waals surface area contributed by atoms with E-state index in [1.165, 1.54) is 5.56 Å². The number of H-pyrrole nitrogens is 1. The molecule has 0 radical (unpaired) electrons. The van der Waals surface area contributed by atoms with Gasteiger partial charge in [0.15, 0.2) is 0 Å². The van der Waals surface area contributed by atoms with E-state index in [-0.39, 0.29) is 6.61 Å². The van der Waals surface area contributed by atoms with E-state index in [4.69, 9.17) is 5.11 Å². The number of nitrogens with one attached hydrogen (secondary N) is 1. The molecular weight excluding hydrogens is 224 g/mol. The van der Waals surface area contributed by atoms with Gasteiger partial charge in [0, 0.05) is 13.0 Å². The van der Waals surface area contributed by atoms with Crippen LogP contribution in [0.4, 0.5) is 0 Å². The summed E-state index contributed by atoms with van der Waals surface area (Å²) in [6, 6.07) is 8.57. The third kappa shape index (κ3) is 2.99. The summed E-state index contributed by atoms with van der Waals surface area (Å²) in [5, 5.41) is 8.79. The van der Waals surface area contributed by atoms with Crippen LogP contribution in [0.3, 0.4) is 0 Å². The Kier molecular flexibility index (Phi) is 4.15. The van der Waals surface area contributed by atoms with E-state index in [9.17, 15) is 0 Å². The highest BCUT2D eigenvalue weighted by atomic mass is 16.2.